The highest BCUT2D eigenvalue weighted by molar-refractivity contribution is 5.70. The number of hydrogen-bond acceptors (Lipinski definition) is 0. The van der Waals surface area contributed by atoms with Crippen LogP contribution in [0.25, 0.3) is 16.7 Å². The summed E-state index contributed by atoms with van der Waals surface area (Å²) in [5.74, 6) is -0.161. The molecule has 0 aliphatic heterocycles. The van der Waals surface area contributed by atoms with E-state index in [1.54, 1.807) is 6.07 Å². The lowest BCUT2D eigenvalue weighted by Gasteiger charge is -2.08. The first kappa shape index (κ1) is 12.6. The van der Waals surface area contributed by atoms with Gasteiger partial charge in [0.15, 0.2) is 0 Å². The van der Waals surface area contributed by atoms with Gasteiger partial charge < -0.3 is 0 Å². The third-order valence-corrected chi connectivity index (χ3v) is 3.15. The normalized spacial score (nSPS) is 11.6. The molecule has 0 aromatic heterocycles. The van der Waals surface area contributed by atoms with Crippen LogP contribution in [-0.2, 0) is 0 Å². The Morgan fingerprint density at radius 1 is 1.11 bits per heavy atom. The predicted octanol–water partition coefficient (Wildman–Crippen LogP) is 5.31. The molecule has 0 unspecified atom stereocenters. The average Bonchev–Trinajstić information content (AvgIpc) is 2.41. The van der Waals surface area contributed by atoms with Crippen LogP contribution in [0.5, 0.6) is 0 Å². The molecule has 18 heavy (non-hydrogen) atoms. The minimum Gasteiger partial charge on any atom is -0.206 e. The summed E-state index contributed by atoms with van der Waals surface area (Å²) in [6.07, 6.45) is 2.96. The van der Waals surface area contributed by atoms with Gasteiger partial charge in [-0.05, 0) is 36.1 Å². The number of halogens is 1. The summed E-state index contributed by atoms with van der Waals surface area (Å²) in [4.78, 5) is 0. The predicted molar refractivity (Wildman–Crippen MR) is 75.8 cm³/mol. The van der Waals surface area contributed by atoms with Crippen LogP contribution in [0.15, 0.2) is 54.6 Å². The molecule has 0 aliphatic carbocycles. The van der Waals surface area contributed by atoms with Crippen molar-refractivity contribution in [2.75, 3.05) is 0 Å². The van der Waals surface area contributed by atoms with Crippen molar-refractivity contribution < 1.29 is 4.39 Å². The molecule has 0 nitrogen and oxygen atoms in total. The van der Waals surface area contributed by atoms with E-state index in [1.807, 2.05) is 55.5 Å². The van der Waals surface area contributed by atoms with Crippen LogP contribution in [-0.4, -0.2) is 0 Å². The van der Waals surface area contributed by atoms with E-state index in [0.29, 0.717) is 5.56 Å². The highest BCUT2D eigenvalue weighted by atomic mass is 19.1. The van der Waals surface area contributed by atoms with Gasteiger partial charge in [0.2, 0.25) is 0 Å². The summed E-state index contributed by atoms with van der Waals surface area (Å²) in [7, 11) is 0. The zero-order chi connectivity index (χ0) is 13.0. The molecule has 2 aromatic carbocycles. The highest BCUT2D eigenvalue weighted by Crippen LogP contribution is 2.26. The molecule has 92 valence electrons. The molecule has 0 atom stereocenters. The Hall–Kier alpha value is -1.89. The smallest absolute Gasteiger partial charge is 0.131 e. The number of hydrogen-bond donors (Lipinski definition) is 0. The van der Waals surface area contributed by atoms with Crippen LogP contribution in [0.4, 0.5) is 4.39 Å². The fourth-order valence-corrected chi connectivity index (χ4v) is 2.14. The van der Waals surface area contributed by atoms with Gasteiger partial charge in [-0.2, -0.15) is 0 Å². The van der Waals surface area contributed by atoms with Crippen molar-refractivity contribution in [1.29, 1.82) is 0 Å². The van der Waals surface area contributed by atoms with E-state index >= 15 is 0 Å². The van der Waals surface area contributed by atoms with Crippen molar-refractivity contribution in [3.63, 3.8) is 0 Å². The van der Waals surface area contributed by atoms with Gasteiger partial charge in [0.1, 0.15) is 5.82 Å². The van der Waals surface area contributed by atoms with Crippen LogP contribution in [0.3, 0.4) is 0 Å². The maximum atomic E-state index is 14.1. The Labute approximate surface area is 108 Å². The quantitative estimate of drug-likeness (QED) is 0.682. The maximum absolute atomic E-state index is 14.1. The van der Waals surface area contributed by atoms with Crippen molar-refractivity contribution in [3.05, 3.63) is 66.0 Å². The van der Waals surface area contributed by atoms with Gasteiger partial charge in [-0.15, -0.1) is 0 Å². The second-order valence-electron chi connectivity index (χ2n) is 4.23. The molecule has 0 saturated carbocycles. The van der Waals surface area contributed by atoms with Crippen LogP contribution < -0.4 is 0 Å². The molecule has 2 aromatic rings. The molecule has 0 radical (unpaired) electrons. The second-order valence-corrected chi connectivity index (χ2v) is 4.23. The van der Waals surface area contributed by atoms with Gasteiger partial charge in [0.05, 0.1) is 0 Å². The first-order valence-electron chi connectivity index (χ1n) is 6.26. The van der Waals surface area contributed by atoms with Crippen molar-refractivity contribution >= 4 is 5.57 Å². The Kier molecular flexibility index (Phi) is 3.93. The van der Waals surface area contributed by atoms with Crippen LogP contribution in [0.1, 0.15) is 25.8 Å². The monoisotopic (exact) mass is 240 g/mol. The van der Waals surface area contributed by atoms with Crippen molar-refractivity contribution in [1.82, 2.24) is 0 Å². The molecule has 0 bridgehead atoms. The molecule has 0 N–H and O–H groups in total. The fourth-order valence-electron chi connectivity index (χ4n) is 2.14. The van der Waals surface area contributed by atoms with E-state index in [2.05, 4.69) is 6.92 Å². The molecular weight excluding hydrogens is 223 g/mol. The summed E-state index contributed by atoms with van der Waals surface area (Å²) >= 11 is 0. The lowest BCUT2D eigenvalue weighted by atomic mass is 9.98. The lowest BCUT2D eigenvalue weighted by Crippen LogP contribution is -1.89. The van der Waals surface area contributed by atoms with E-state index in [0.717, 1.165) is 17.5 Å². The molecular formula is C17H17F. The molecule has 0 aliphatic rings. The molecule has 0 saturated heterocycles. The minimum absolute atomic E-state index is 0.161. The van der Waals surface area contributed by atoms with Gasteiger partial charge in [-0.25, -0.2) is 4.39 Å². The molecule has 1 heteroatoms. The van der Waals surface area contributed by atoms with E-state index in [9.17, 15) is 4.39 Å². The maximum Gasteiger partial charge on any atom is 0.131 e. The summed E-state index contributed by atoms with van der Waals surface area (Å²) in [5.41, 5.74) is 3.72. The van der Waals surface area contributed by atoms with Crippen LogP contribution in [0.2, 0.25) is 0 Å². The molecule has 0 fully saturated rings. The molecule has 0 amide bonds. The molecule has 0 spiro atoms. The van der Waals surface area contributed by atoms with Crippen molar-refractivity contribution in [2.45, 2.75) is 20.3 Å². The third-order valence-electron chi connectivity index (χ3n) is 3.15. The molecule has 0 heterocycles. The summed E-state index contributed by atoms with van der Waals surface area (Å²) in [5, 5.41) is 0. The second kappa shape index (κ2) is 5.63. The Morgan fingerprint density at radius 3 is 2.39 bits per heavy atom. The van der Waals surface area contributed by atoms with E-state index in [4.69, 9.17) is 0 Å². The van der Waals surface area contributed by atoms with Crippen LogP contribution >= 0.6 is 0 Å². The fraction of sp³-hybridized carbons (Fsp3) is 0.176. The molecule has 2 rings (SSSR count). The zero-order valence-electron chi connectivity index (χ0n) is 10.8. The van der Waals surface area contributed by atoms with Gasteiger partial charge in [-0.1, -0.05) is 55.5 Å². The highest BCUT2D eigenvalue weighted by Gasteiger charge is 2.07. The Balaban J connectivity index is 2.43. The number of allylic oxidation sites excluding steroid dienone is 2. The summed E-state index contributed by atoms with van der Waals surface area (Å²) in [6.45, 7) is 4.07. The number of rotatable bonds is 3. The SMILES string of the molecule is CC=C(CC)c1ccc(-c2ccccc2)c(F)c1. The summed E-state index contributed by atoms with van der Waals surface area (Å²) in [6, 6.07) is 15.1. The van der Waals surface area contributed by atoms with Gasteiger partial charge in [-0.3, -0.25) is 0 Å². The van der Waals surface area contributed by atoms with Crippen LogP contribution in [0, 0.1) is 5.82 Å². The first-order chi connectivity index (χ1) is 8.76. The van der Waals surface area contributed by atoms with E-state index in [1.165, 1.54) is 5.57 Å². The van der Waals surface area contributed by atoms with Crippen molar-refractivity contribution in [3.8, 4) is 11.1 Å². The Bertz CT molecular complexity index is 553. The zero-order valence-corrected chi connectivity index (χ0v) is 10.8. The van der Waals surface area contributed by atoms with Crippen molar-refractivity contribution in [2.24, 2.45) is 0 Å². The topological polar surface area (TPSA) is 0 Å². The number of benzene rings is 2. The van der Waals surface area contributed by atoms with E-state index in [-0.39, 0.29) is 5.82 Å². The van der Waals surface area contributed by atoms with E-state index < -0.39 is 0 Å². The van der Waals surface area contributed by atoms with Gasteiger partial charge >= 0.3 is 0 Å². The summed E-state index contributed by atoms with van der Waals surface area (Å²) < 4.78 is 14.1. The average molecular weight is 240 g/mol. The largest absolute Gasteiger partial charge is 0.206 e. The van der Waals surface area contributed by atoms with Gasteiger partial charge in [0, 0.05) is 5.56 Å². The lowest BCUT2D eigenvalue weighted by molar-refractivity contribution is 0.631. The standard InChI is InChI=1S/C17H17F/c1-3-13(4-2)15-10-11-16(17(18)12-15)14-8-6-5-7-9-14/h3,5-12H,4H2,1-2H3. The Morgan fingerprint density at radius 2 is 1.83 bits per heavy atom. The first-order valence-corrected chi connectivity index (χ1v) is 6.26. The van der Waals surface area contributed by atoms with Gasteiger partial charge in [0.25, 0.3) is 0 Å². The minimum atomic E-state index is -0.161. The third kappa shape index (κ3) is 2.51.